The third-order valence-corrected chi connectivity index (χ3v) is 3.71. The molecule has 1 aliphatic rings. The number of rotatable bonds is 6. The van der Waals surface area contributed by atoms with Crippen LogP contribution < -0.4 is 5.48 Å². The summed E-state index contributed by atoms with van der Waals surface area (Å²) >= 11 is 0. The predicted molar refractivity (Wildman–Crippen MR) is 89.4 cm³/mol. The molecule has 0 aliphatic carbocycles. The van der Waals surface area contributed by atoms with Gasteiger partial charge in [-0.2, -0.15) is 9.97 Å². The lowest BCUT2D eigenvalue weighted by molar-refractivity contribution is -0.0432. The Labute approximate surface area is 143 Å². The van der Waals surface area contributed by atoms with E-state index in [0.717, 1.165) is 0 Å². The molecule has 2 aromatic heterocycles. The second-order valence-electron chi connectivity index (χ2n) is 5.83. The highest BCUT2D eigenvalue weighted by molar-refractivity contribution is 5.84. The number of hydrogen-bond donors (Lipinski definition) is 3. The predicted octanol–water partition coefficient (Wildman–Crippen LogP) is -0.338. The molecule has 0 amide bonds. The fourth-order valence-electron chi connectivity index (χ4n) is 2.56. The molecule has 0 spiro atoms. The average molecular weight is 351 g/mol. The van der Waals surface area contributed by atoms with Crippen LogP contribution in [0.25, 0.3) is 11.2 Å². The van der Waals surface area contributed by atoms with Crippen LogP contribution in [0.3, 0.4) is 0 Å². The lowest BCUT2D eigenvalue weighted by Crippen LogP contribution is -2.24. The fourth-order valence-corrected chi connectivity index (χ4v) is 2.56. The van der Waals surface area contributed by atoms with Gasteiger partial charge in [-0.05, 0) is 0 Å². The van der Waals surface area contributed by atoms with Crippen LogP contribution in [0.1, 0.15) is 12.6 Å². The van der Waals surface area contributed by atoms with Gasteiger partial charge < -0.3 is 19.8 Å². The zero-order valence-electron chi connectivity index (χ0n) is 14.2. The van der Waals surface area contributed by atoms with Gasteiger partial charge in [-0.1, -0.05) is 0 Å². The van der Waals surface area contributed by atoms with E-state index in [0.29, 0.717) is 23.4 Å². The van der Waals surface area contributed by atoms with Crippen LogP contribution in [0, 0.1) is 0 Å². The summed E-state index contributed by atoms with van der Waals surface area (Å²) in [5.41, 5.74) is 3.63. The molecule has 3 N–H and O–H groups in total. The molecule has 1 saturated heterocycles. The molecule has 1 fully saturated rings. The Morgan fingerprint density at radius 3 is 2.96 bits per heavy atom. The highest BCUT2D eigenvalue weighted by Crippen LogP contribution is 2.32. The number of hydrogen-bond acceptors (Lipinski definition) is 9. The highest BCUT2D eigenvalue weighted by Gasteiger charge is 2.35. The number of aliphatic hydroxyl groups is 2. The van der Waals surface area contributed by atoms with Crippen LogP contribution in [0.4, 0.5) is 11.8 Å². The van der Waals surface area contributed by atoms with Crippen LogP contribution >= 0.6 is 0 Å². The largest absolute Gasteiger partial charge is 0.394 e. The zero-order chi connectivity index (χ0) is 18.0. The maximum absolute atomic E-state index is 9.96. The van der Waals surface area contributed by atoms with Crippen molar-refractivity contribution >= 4 is 29.3 Å². The molecule has 3 heterocycles. The van der Waals surface area contributed by atoms with Crippen LogP contribution in [0.5, 0.6) is 0 Å². The van der Waals surface area contributed by atoms with Gasteiger partial charge in [0.25, 0.3) is 5.95 Å². The van der Waals surface area contributed by atoms with Gasteiger partial charge in [-0.15, -0.1) is 0 Å². The van der Waals surface area contributed by atoms with E-state index < -0.39 is 18.4 Å². The molecule has 11 nitrogen and oxygen atoms in total. The van der Waals surface area contributed by atoms with Crippen molar-refractivity contribution in [3.05, 3.63) is 6.33 Å². The van der Waals surface area contributed by atoms with Gasteiger partial charge >= 0.3 is 0 Å². The third-order valence-electron chi connectivity index (χ3n) is 3.71. The van der Waals surface area contributed by atoms with Crippen molar-refractivity contribution in [1.82, 2.24) is 24.4 Å². The Morgan fingerprint density at radius 1 is 1.52 bits per heavy atom. The molecule has 136 valence electrons. The van der Waals surface area contributed by atoms with Crippen LogP contribution in [-0.4, -0.2) is 81.0 Å². The van der Waals surface area contributed by atoms with Crippen molar-refractivity contribution in [3.8, 4) is 0 Å². The molecule has 0 aromatic carbocycles. The Morgan fingerprint density at radius 2 is 2.32 bits per heavy atom. The number of aliphatic hydroxyl groups excluding tert-OH is 2. The van der Waals surface area contributed by atoms with Gasteiger partial charge in [0.1, 0.15) is 12.3 Å². The van der Waals surface area contributed by atoms with Crippen molar-refractivity contribution in [2.45, 2.75) is 24.9 Å². The van der Waals surface area contributed by atoms with E-state index >= 15 is 0 Å². The Kier molecular flexibility index (Phi) is 5.08. The maximum Gasteiger partial charge on any atom is 0.254 e. The van der Waals surface area contributed by atoms with E-state index in [1.54, 1.807) is 22.1 Å². The summed E-state index contributed by atoms with van der Waals surface area (Å²) in [7, 11) is 5.14. The minimum atomic E-state index is -0.753. The Hall–Kier alpha value is -2.34. The van der Waals surface area contributed by atoms with Crippen molar-refractivity contribution in [2.75, 3.05) is 33.3 Å². The van der Waals surface area contributed by atoms with Gasteiger partial charge in [0.2, 0.25) is 0 Å². The molecular weight excluding hydrogens is 330 g/mol. The van der Waals surface area contributed by atoms with Gasteiger partial charge in [0, 0.05) is 20.5 Å². The molecule has 11 heteroatoms. The molecule has 2 aromatic rings. The summed E-state index contributed by atoms with van der Waals surface area (Å²) in [5, 5.41) is 19.2. The second-order valence-corrected chi connectivity index (χ2v) is 5.83. The summed E-state index contributed by atoms with van der Waals surface area (Å²) in [6.45, 7) is -0.256. The number of ether oxygens (including phenoxy) is 1. The van der Waals surface area contributed by atoms with Crippen LogP contribution in [0.15, 0.2) is 11.3 Å². The molecule has 0 radical (unpaired) electrons. The van der Waals surface area contributed by atoms with Crippen LogP contribution in [0.2, 0.25) is 0 Å². The maximum atomic E-state index is 9.96. The summed E-state index contributed by atoms with van der Waals surface area (Å²) in [5.74, 6) is 0.592. The monoisotopic (exact) mass is 351 g/mol. The van der Waals surface area contributed by atoms with Gasteiger partial charge in [0.15, 0.2) is 17.0 Å². The number of aliphatic imine (C=N–C) groups is 1. The summed E-state index contributed by atoms with van der Waals surface area (Å²) in [4.78, 5) is 23.9. The fraction of sp³-hybridized carbons (Fsp3) is 0.571. The molecule has 25 heavy (non-hydrogen) atoms. The minimum Gasteiger partial charge on any atom is -0.394 e. The minimum absolute atomic E-state index is 0.222. The van der Waals surface area contributed by atoms with Crippen molar-refractivity contribution in [2.24, 2.45) is 4.99 Å². The topological polar surface area (TPSA) is 130 Å². The first-order chi connectivity index (χ1) is 12.0. The van der Waals surface area contributed by atoms with Gasteiger partial charge in [0.05, 0.1) is 32.5 Å². The van der Waals surface area contributed by atoms with E-state index in [1.807, 2.05) is 14.1 Å². The zero-order valence-corrected chi connectivity index (χ0v) is 14.2. The van der Waals surface area contributed by atoms with Crippen molar-refractivity contribution in [3.63, 3.8) is 0 Å². The van der Waals surface area contributed by atoms with Crippen LogP contribution in [-0.2, 0) is 9.57 Å². The smallest absolute Gasteiger partial charge is 0.254 e. The van der Waals surface area contributed by atoms with E-state index in [2.05, 4.69) is 25.4 Å². The summed E-state index contributed by atoms with van der Waals surface area (Å²) in [6.07, 6.45) is 1.58. The second kappa shape index (κ2) is 7.27. The number of nitrogens with zero attached hydrogens (tertiary/aromatic N) is 6. The lowest BCUT2D eigenvalue weighted by Gasteiger charge is -2.14. The Balaban J connectivity index is 2.02. The Bertz CT molecular complexity index is 763. The molecule has 0 unspecified atom stereocenters. The van der Waals surface area contributed by atoms with E-state index in [4.69, 9.17) is 9.57 Å². The molecule has 0 bridgehead atoms. The summed E-state index contributed by atoms with van der Waals surface area (Å²) in [6, 6.07) is 0. The van der Waals surface area contributed by atoms with E-state index in [9.17, 15) is 10.2 Å². The first-order valence-corrected chi connectivity index (χ1v) is 7.72. The standard InChI is InChI=1S/C14H21N7O4/c1-20(2)6-16-14-17-12(19-24-3)11-13(18-14)21(7-15-11)10-4-8(23)9(5-22)25-10/h6-10,22-23H,4-5H2,1-3H3,(H,17,18,19)/t8-,9+,10+/m0/s1. The van der Waals surface area contributed by atoms with E-state index in [-0.39, 0.29) is 12.6 Å². The average Bonchev–Trinajstić information content (AvgIpc) is 3.16. The number of fused-ring (bicyclic) bond motifs is 1. The van der Waals surface area contributed by atoms with E-state index in [1.165, 1.54) is 7.11 Å². The number of imidazole rings is 1. The first-order valence-electron chi connectivity index (χ1n) is 7.72. The molecular formula is C14H21N7O4. The lowest BCUT2D eigenvalue weighted by atomic mass is 10.2. The van der Waals surface area contributed by atoms with Gasteiger partial charge in [-0.3, -0.25) is 9.40 Å². The van der Waals surface area contributed by atoms with Crippen molar-refractivity contribution < 1.29 is 19.8 Å². The number of aromatic nitrogens is 4. The van der Waals surface area contributed by atoms with Gasteiger partial charge in [-0.25, -0.2) is 15.5 Å². The molecule has 3 atom stereocenters. The normalized spacial score (nSPS) is 23.6. The number of nitrogens with one attached hydrogen (secondary N) is 1. The molecule has 1 aliphatic heterocycles. The SMILES string of the molecule is CONc1nc(N=CN(C)C)nc2c1ncn2[C@H]1C[C@H](O)[C@@H](CO)O1. The first kappa shape index (κ1) is 17.5. The highest BCUT2D eigenvalue weighted by atomic mass is 16.6. The van der Waals surface area contributed by atoms with Crippen molar-refractivity contribution in [1.29, 1.82) is 0 Å². The third kappa shape index (κ3) is 3.54. The molecule has 3 rings (SSSR count). The summed E-state index contributed by atoms with van der Waals surface area (Å²) < 4.78 is 7.36. The quantitative estimate of drug-likeness (QED) is 0.363. The number of anilines is 1. The molecule has 0 saturated carbocycles.